The standard InChI is InChI=1S/C13H17NO3/c1-9(14-8-13(15)16-2)10-3-4-12-11(7-10)5-6-17-12/h3-4,7,9,14H,5-6,8H2,1-2H3. The van der Waals surface area contributed by atoms with Gasteiger partial charge in [-0.1, -0.05) is 12.1 Å². The fraction of sp³-hybridized carbons (Fsp3) is 0.462. The summed E-state index contributed by atoms with van der Waals surface area (Å²) in [5, 5.41) is 3.13. The molecule has 0 bridgehead atoms. The summed E-state index contributed by atoms with van der Waals surface area (Å²) in [6.07, 6.45) is 0.965. The Morgan fingerprint density at radius 3 is 3.18 bits per heavy atom. The zero-order chi connectivity index (χ0) is 12.3. The maximum atomic E-state index is 11.0. The Balaban J connectivity index is 1.99. The van der Waals surface area contributed by atoms with Crippen LogP contribution in [0, 0.1) is 0 Å². The summed E-state index contributed by atoms with van der Waals surface area (Å²) in [7, 11) is 1.39. The van der Waals surface area contributed by atoms with Gasteiger partial charge < -0.3 is 14.8 Å². The topological polar surface area (TPSA) is 47.6 Å². The molecule has 4 nitrogen and oxygen atoms in total. The molecule has 0 aliphatic carbocycles. The summed E-state index contributed by atoms with van der Waals surface area (Å²) >= 11 is 0. The van der Waals surface area contributed by atoms with Gasteiger partial charge in [-0.3, -0.25) is 4.79 Å². The minimum atomic E-state index is -0.249. The molecule has 0 radical (unpaired) electrons. The minimum Gasteiger partial charge on any atom is -0.493 e. The molecule has 1 N–H and O–H groups in total. The van der Waals surface area contributed by atoms with E-state index in [-0.39, 0.29) is 18.6 Å². The van der Waals surface area contributed by atoms with Gasteiger partial charge >= 0.3 is 5.97 Å². The number of nitrogens with one attached hydrogen (secondary N) is 1. The normalized spacial score (nSPS) is 14.9. The lowest BCUT2D eigenvalue weighted by Gasteiger charge is -2.14. The van der Waals surface area contributed by atoms with E-state index < -0.39 is 0 Å². The number of rotatable bonds is 4. The van der Waals surface area contributed by atoms with Crippen LogP contribution in [-0.4, -0.2) is 26.2 Å². The van der Waals surface area contributed by atoms with Gasteiger partial charge in [-0.15, -0.1) is 0 Å². The number of benzene rings is 1. The lowest BCUT2D eigenvalue weighted by Crippen LogP contribution is -2.26. The monoisotopic (exact) mass is 235 g/mol. The molecule has 1 heterocycles. The summed E-state index contributed by atoms with van der Waals surface area (Å²) in [5.74, 6) is 0.732. The largest absolute Gasteiger partial charge is 0.493 e. The van der Waals surface area contributed by atoms with Crippen molar-refractivity contribution in [1.29, 1.82) is 0 Å². The van der Waals surface area contributed by atoms with Crippen LogP contribution in [0.4, 0.5) is 0 Å². The highest BCUT2D eigenvalue weighted by Crippen LogP contribution is 2.27. The first-order chi connectivity index (χ1) is 8.20. The van der Waals surface area contributed by atoms with Gasteiger partial charge in [0.1, 0.15) is 5.75 Å². The fourth-order valence-corrected chi connectivity index (χ4v) is 1.90. The first-order valence-corrected chi connectivity index (χ1v) is 5.76. The second kappa shape index (κ2) is 5.19. The average Bonchev–Trinajstić information content (AvgIpc) is 2.82. The number of hydrogen-bond acceptors (Lipinski definition) is 4. The van der Waals surface area contributed by atoms with E-state index in [1.54, 1.807) is 0 Å². The Morgan fingerprint density at radius 1 is 1.59 bits per heavy atom. The highest BCUT2D eigenvalue weighted by atomic mass is 16.5. The summed E-state index contributed by atoms with van der Waals surface area (Å²) in [6.45, 7) is 3.02. The summed E-state index contributed by atoms with van der Waals surface area (Å²) in [4.78, 5) is 11.0. The molecule has 1 aromatic carbocycles. The molecule has 4 heteroatoms. The van der Waals surface area contributed by atoms with Crippen LogP contribution in [0.1, 0.15) is 24.1 Å². The fourth-order valence-electron chi connectivity index (χ4n) is 1.90. The van der Waals surface area contributed by atoms with Crippen LogP contribution >= 0.6 is 0 Å². The van der Waals surface area contributed by atoms with Crippen molar-refractivity contribution in [2.75, 3.05) is 20.3 Å². The number of carbonyl (C=O) groups excluding carboxylic acids is 1. The summed E-state index contributed by atoms with van der Waals surface area (Å²) in [6, 6.07) is 6.28. The first kappa shape index (κ1) is 11.9. The Hall–Kier alpha value is -1.55. The zero-order valence-electron chi connectivity index (χ0n) is 10.2. The number of ether oxygens (including phenoxy) is 2. The number of carbonyl (C=O) groups is 1. The second-order valence-electron chi connectivity index (χ2n) is 4.14. The maximum absolute atomic E-state index is 11.0. The highest BCUT2D eigenvalue weighted by Gasteiger charge is 2.14. The molecule has 1 atom stereocenters. The molecular formula is C13H17NO3. The smallest absolute Gasteiger partial charge is 0.319 e. The van der Waals surface area contributed by atoms with Crippen molar-refractivity contribution in [2.24, 2.45) is 0 Å². The van der Waals surface area contributed by atoms with Crippen molar-refractivity contribution in [3.63, 3.8) is 0 Å². The Labute approximate surface area is 101 Å². The molecule has 0 spiro atoms. The molecule has 0 saturated heterocycles. The van der Waals surface area contributed by atoms with Gasteiger partial charge in [0, 0.05) is 12.5 Å². The number of hydrogen-bond donors (Lipinski definition) is 1. The van der Waals surface area contributed by atoms with Crippen LogP contribution in [0.5, 0.6) is 5.75 Å². The maximum Gasteiger partial charge on any atom is 0.319 e. The molecular weight excluding hydrogens is 218 g/mol. The van der Waals surface area contributed by atoms with E-state index in [0.29, 0.717) is 0 Å². The first-order valence-electron chi connectivity index (χ1n) is 5.76. The summed E-state index contributed by atoms with van der Waals surface area (Å²) in [5.41, 5.74) is 2.41. The van der Waals surface area contributed by atoms with Gasteiger partial charge in [-0.05, 0) is 24.1 Å². The lowest BCUT2D eigenvalue weighted by atomic mass is 10.0. The molecule has 1 unspecified atom stereocenters. The number of esters is 1. The van der Waals surface area contributed by atoms with Crippen LogP contribution in [0.15, 0.2) is 18.2 Å². The van der Waals surface area contributed by atoms with E-state index in [4.69, 9.17) is 4.74 Å². The van der Waals surface area contributed by atoms with Crippen LogP contribution in [-0.2, 0) is 16.0 Å². The quantitative estimate of drug-likeness (QED) is 0.802. The summed E-state index contributed by atoms with van der Waals surface area (Å²) < 4.78 is 10.0. The highest BCUT2D eigenvalue weighted by molar-refractivity contribution is 5.71. The van der Waals surface area contributed by atoms with Crippen molar-refractivity contribution in [3.8, 4) is 5.75 Å². The van der Waals surface area contributed by atoms with E-state index in [1.807, 2.05) is 19.1 Å². The molecule has 1 aliphatic heterocycles. The van der Waals surface area contributed by atoms with Crippen molar-refractivity contribution in [3.05, 3.63) is 29.3 Å². The Morgan fingerprint density at radius 2 is 2.41 bits per heavy atom. The molecule has 0 amide bonds. The van der Waals surface area contributed by atoms with Gasteiger partial charge in [0.25, 0.3) is 0 Å². The third kappa shape index (κ3) is 2.77. The minimum absolute atomic E-state index is 0.125. The predicted molar refractivity (Wildman–Crippen MR) is 64.1 cm³/mol. The zero-order valence-corrected chi connectivity index (χ0v) is 10.2. The molecule has 92 valence electrons. The van der Waals surface area contributed by atoms with Crippen LogP contribution in [0.2, 0.25) is 0 Å². The SMILES string of the molecule is COC(=O)CNC(C)c1ccc2c(c1)CCO2. The van der Waals surface area contributed by atoms with Crippen molar-refractivity contribution < 1.29 is 14.3 Å². The van der Waals surface area contributed by atoms with E-state index in [2.05, 4.69) is 16.1 Å². The molecule has 2 rings (SSSR count). The van der Waals surface area contributed by atoms with Crippen molar-refractivity contribution in [1.82, 2.24) is 5.32 Å². The molecule has 1 aromatic rings. The molecule has 1 aliphatic rings. The van der Waals surface area contributed by atoms with Gasteiger partial charge in [-0.2, -0.15) is 0 Å². The number of fused-ring (bicyclic) bond motifs is 1. The third-order valence-electron chi connectivity index (χ3n) is 2.99. The predicted octanol–water partition coefficient (Wildman–Crippen LogP) is 1.45. The third-order valence-corrected chi connectivity index (χ3v) is 2.99. The van der Waals surface area contributed by atoms with Gasteiger partial charge in [0.05, 0.1) is 20.3 Å². The number of methoxy groups -OCH3 is 1. The molecule has 17 heavy (non-hydrogen) atoms. The Bertz CT molecular complexity index is 417. The lowest BCUT2D eigenvalue weighted by molar-refractivity contribution is -0.139. The van der Waals surface area contributed by atoms with Crippen LogP contribution < -0.4 is 10.1 Å². The second-order valence-corrected chi connectivity index (χ2v) is 4.14. The van der Waals surface area contributed by atoms with Crippen LogP contribution in [0.25, 0.3) is 0 Å². The molecule has 0 aromatic heterocycles. The van der Waals surface area contributed by atoms with E-state index in [9.17, 15) is 4.79 Å². The van der Waals surface area contributed by atoms with Gasteiger partial charge in [0.15, 0.2) is 0 Å². The van der Waals surface area contributed by atoms with E-state index in [0.717, 1.165) is 24.3 Å². The Kier molecular flexibility index (Phi) is 3.64. The van der Waals surface area contributed by atoms with E-state index in [1.165, 1.54) is 12.7 Å². The average molecular weight is 235 g/mol. The van der Waals surface area contributed by atoms with E-state index >= 15 is 0 Å². The van der Waals surface area contributed by atoms with Gasteiger partial charge in [-0.25, -0.2) is 0 Å². The molecule has 0 fully saturated rings. The van der Waals surface area contributed by atoms with Crippen LogP contribution in [0.3, 0.4) is 0 Å². The van der Waals surface area contributed by atoms with Crippen molar-refractivity contribution >= 4 is 5.97 Å². The van der Waals surface area contributed by atoms with Crippen molar-refractivity contribution in [2.45, 2.75) is 19.4 Å². The molecule has 0 saturated carbocycles. The van der Waals surface area contributed by atoms with Gasteiger partial charge in [0.2, 0.25) is 0 Å².